The van der Waals surface area contributed by atoms with E-state index in [9.17, 15) is 13.2 Å². The molecule has 0 spiro atoms. The summed E-state index contributed by atoms with van der Waals surface area (Å²) in [7, 11) is -1.47. The molecule has 8 heteroatoms. The number of sulfone groups is 1. The SMILES string of the molecule is COC1(C)CCCN(C(=O)NCc2ccc(S(C)(=O)=O)s2)CC1. The third kappa shape index (κ3) is 4.92. The van der Waals surface area contributed by atoms with E-state index >= 15 is 0 Å². The quantitative estimate of drug-likeness (QED) is 0.893. The van der Waals surface area contributed by atoms with Crippen LogP contribution in [-0.2, 0) is 21.1 Å². The van der Waals surface area contributed by atoms with Gasteiger partial charge >= 0.3 is 6.03 Å². The number of urea groups is 1. The van der Waals surface area contributed by atoms with Gasteiger partial charge in [-0.2, -0.15) is 0 Å². The third-order valence-electron chi connectivity index (χ3n) is 4.24. The minimum atomic E-state index is -3.18. The Balaban J connectivity index is 1.89. The number of ether oxygens (including phenoxy) is 1. The van der Waals surface area contributed by atoms with Crippen LogP contribution in [0.4, 0.5) is 4.79 Å². The molecule has 2 rings (SSSR count). The van der Waals surface area contributed by atoms with Crippen molar-refractivity contribution in [3.8, 4) is 0 Å². The highest BCUT2D eigenvalue weighted by Gasteiger charge is 2.29. The predicted octanol–water partition coefficient (Wildman–Crippen LogP) is 2.25. The molecule has 0 saturated carbocycles. The van der Waals surface area contributed by atoms with E-state index in [0.717, 1.165) is 24.1 Å². The maximum Gasteiger partial charge on any atom is 0.317 e. The Morgan fingerprint density at radius 3 is 2.74 bits per heavy atom. The summed E-state index contributed by atoms with van der Waals surface area (Å²) in [5.74, 6) is 0. The van der Waals surface area contributed by atoms with Gasteiger partial charge in [-0.1, -0.05) is 0 Å². The molecule has 0 aromatic carbocycles. The number of thiophene rings is 1. The fourth-order valence-electron chi connectivity index (χ4n) is 2.59. The summed E-state index contributed by atoms with van der Waals surface area (Å²) in [4.78, 5) is 14.9. The molecule has 0 bridgehead atoms. The summed E-state index contributed by atoms with van der Waals surface area (Å²) >= 11 is 1.19. The van der Waals surface area contributed by atoms with Gasteiger partial charge in [-0.15, -0.1) is 11.3 Å². The second-order valence-electron chi connectivity index (χ2n) is 6.15. The number of nitrogens with one attached hydrogen (secondary N) is 1. The molecule has 23 heavy (non-hydrogen) atoms. The Labute approximate surface area is 141 Å². The molecule has 1 aliphatic heterocycles. The first-order valence-corrected chi connectivity index (χ1v) is 10.3. The predicted molar refractivity (Wildman–Crippen MR) is 90.5 cm³/mol. The van der Waals surface area contributed by atoms with Crippen LogP contribution < -0.4 is 5.32 Å². The smallest absolute Gasteiger partial charge is 0.317 e. The fraction of sp³-hybridized carbons (Fsp3) is 0.667. The van der Waals surface area contributed by atoms with Gasteiger partial charge in [-0.25, -0.2) is 13.2 Å². The lowest BCUT2D eigenvalue weighted by Gasteiger charge is -2.26. The first kappa shape index (κ1) is 18.2. The Kier molecular flexibility index (Phi) is 5.70. The van der Waals surface area contributed by atoms with Crippen LogP contribution >= 0.6 is 11.3 Å². The van der Waals surface area contributed by atoms with Crippen LogP contribution in [0.1, 0.15) is 31.1 Å². The highest BCUT2D eigenvalue weighted by molar-refractivity contribution is 7.92. The van der Waals surface area contributed by atoms with Crippen molar-refractivity contribution in [1.29, 1.82) is 0 Å². The number of likely N-dealkylation sites (tertiary alicyclic amines) is 1. The number of carbonyl (C=O) groups excluding carboxylic acids is 1. The lowest BCUT2D eigenvalue weighted by Crippen LogP contribution is -2.40. The molecule has 2 amide bonds. The van der Waals surface area contributed by atoms with Gasteiger partial charge in [0.25, 0.3) is 0 Å². The van der Waals surface area contributed by atoms with Gasteiger partial charge in [-0.05, 0) is 38.3 Å². The molecule has 1 N–H and O–H groups in total. The highest BCUT2D eigenvalue weighted by Crippen LogP contribution is 2.25. The molecular weight excluding hydrogens is 336 g/mol. The monoisotopic (exact) mass is 360 g/mol. The van der Waals surface area contributed by atoms with Crippen LogP contribution in [-0.4, -0.2) is 51.4 Å². The summed E-state index contributed by atoms with van der Waals surface area (Å²) in [6, 6.07) is 3.21. The van der Waals surface area contributed by atoms with Crippen LogP contribution in [0.15, 0.2) is 16.3 Å². The number of rotatable bonds is 4. The topological polar surface area (TPSA) is 75.7 Å². The highest BCUT2D eigenvalue weighted by atomic mass is 32.2. The minimum Gasteiger partial charge on any atom is -0.378 e. The first-order valence-electron chi connectivity index (χ1n) is 7.60. The van der Waals surface area contributed by atoms with Crippen molar-refractivity contribution in [2.45, 2.75) is 42.5 Å². The second-order valence-corrected chi connectivity index (χ2v) is 9.56. The van der Waals surface area contributed by atoms with E-state index in [1.54, 1.807) is 24.1 Å². The van der Waals surface area contributed by atoms with Crippen molar-refractivity contribution in [3.63, 3.8) is 0 Å². The molecule has 1 saturated heterocycles. The molecular formula is C15H24N2O4S2. The Bertz CT molecular complexity index is 656. The van der Waals surface area contributed by atoms with Crippen molar-refractivity contribution in [2.24, 2.45) is 0 Å². The number of carbonyl (C=O) groups is 1. The summed E-state index contributed by atoms with van der Waals surface area (Å²) in [5, 5.41) is 2.87. The van der Waals surface area contributed by atoms with Crippen LogP contribution in [0.2, 0.25) is 0 Å². The standard InChI is InChI=1S/C15H24N2O4S2/c1-15(21-2)7-4-9-17(10-8-15)14(18)16-11-12-5-6-13(22-12)23(3,19)20/h5-6H,4,7-11H2,1-3H3,(H,16,18). The Hall–Kier alpha value is -1.12. The van der Waals surface area contributed by atoms with Gasteiger partial charge in [0.1, 0.15) is 4.21 Å². The molecule has 1 atom stereocenters. The van der Waals surface area contributed by atoms with E-state index < -0.39 is 9.84 Å². The van der Waals surface area contributed by atoms with E-state index in [1.807, 2.05) is 0 Å². The van der Waals surface area contributed by atoms with Gasteiger partial charge in [0, 0.05) is 31.3 Å². The number of hydrogen-bond donors (Lipinski definition) is 1. The lowest BCUT2D eigenvalue weighted by molar-refractivity contribution is -0.00499. The molecule has 6 nitrogen and oxygen atoms in total. The van der Waals surface area contributed by atoms with E-state index in [1.165, 1.54) is 17.6 Å². The minimum absolute atomic E-state index is 0.111. The zero-order valence-corrected chi connectivity index (χ0v) is 15.4. The van der Waals surface area contributed by atoms with E-state index in [2.05, 4.69) is 12.2 Å². The van der Waals surface area contributed by atoms with Crippen LogP contribution in [0, 0.1) is 0 Å². The van der Waals surface area contributed by atoms with E-state index in [0.29, 0.717) is 23.8 Å². The number of amides is 2. The van der Waals surface area contributed by atoms with Crippen molar-refractivity contribution < 1.29 is 17.9 Å². The average Bonchev–Trinajstić information content (AvgIpc) is 2.89. The summed E-state index contributed by atoms with van der Waals surface area (Å²) in [6.45, 7) is 3.79. The summed E-state index contributed by atoms with van der Waals surface area (Å²) in [5.41, 5.74) is -0.160. The number of nitrogens with zero attached hydrogens (tertiary/aromatic N) is 1. The Morgan fingerprint density at radius 2 is 2.13 bits per heavy atom. The lowest BCUT2D eigenvalue weighted by atomic mass is 9.97. The Morgan fingerprint density at radius 1 is 1.39 bits per heavy atom. The molecule has 1 aromatic rings. The van der Waals surface area contributed by atoms with Crippen LogP contribution in [0.3, 0.4) is 0 Å². The normalized spacial score (nSPS) is 22.7. The molecule has 1 unspecified atom stereocenters. The molecule has 1 aromatic heterocycles. The van der Waals surface area contributed by atoms with Crippen LogP contribution in [0.5, 0.6) is 0 Å². The van der Waals surface area contributed by atoms with E-state index in [-0.39, 0.29) is 11.6 Å². The maximum absolute atomic E-state index is 12.3. The fourth-order valence-corrected chi connectivity index (χ4v) is 4.50. The van der Waals surface area contributed by atoms with Gasteiger partial charge in [0.2, 0.25) is 0 Å². The molecule has 2 heterocycles. The largest absolute Gasteiger partial charge is 0.378 e. The van der Waals surface area contributed by atoms with Crippen molar-refractivity contribution in [2.75, 3.05) is 26.5 Å². The zero-order chi connectivity index (χ0) is 17.1. The average molecular weight is 361 g/mol. The van der Waals surface area contributed by atoms with Crippen molar-refractivity contribution in [1.82, 2.24) is 10.2 Å². The number of hydrogen-bond acceptors (Lipinski definition) is 5. The van der Waals surface area contributed by atoms with Crippen LogP contribution in [0.25, 0.3) is 0 Å². The molecule has 130 valence electrons. The van der Waals surface area contributed by atoms with Crippen molar-refractivity contribution >= 4 is 27.2 Å². The second kappa shape index (κ2) is 7.19. The summed E-state index contributed by atoms with van der Waals surface area (Å²) in [6.07, 6.45) is 3.85. The molecule has 0 radical (unpaired) electrons. The molecule has 0 aliphatic carbocycles. The number of methoxy groups -OCH3 is 1. The van der Waals surface area contributed by atoms with Gasteiger partial charge in [-0.3, -0.25) is 0 Å². The maximum atomic E-state index is 12.3. The molecule has 1 fully saturated rings. The summed E-state index contributed by atoms with van der Waals surface area (Å²) < 4.78 is 28.8. The van der Waals surface area contributed by atoms with E-state index in [4.69, 9.17) is 4.74 Å². The molecule has 1 aliphatic rings. The zero-order valence-electron chi connectivity index (χ0n) is 13.8. The third-order valence-corrected chi connectivity index (χ3v) is 7.15. The van der Waals surface area contributed by atoms with Gasteiger partial charge < -0.3 is 15.0 Å². The first-order chi connectivity index (χ1) is 10.7. The van der Waals surface area contributed by atoms with Crippen molar-refractivity contribution in [3.05, 3.63) is 17.0 Å². The van der Waals surface area contributed by atoms with Gasteiger partial charge in [0.05, 0.1) is 12.1 Å². The van der Waals surface area contributed by atoms with Gasteiger partial charge in [0.15, 0.2) is 9.84 Å².